The summed E-state index contributed by atoms with van der Waals surface area (Å²) >= 11 is 7.33. The SMILES string of the molecule is CCCC[C@H](N[C@]1(C(=O)CC(C)C)SCC(c2ccccc2)S1)[C@@]1(N)SCC(c2ccccc2)S1. The molecule has 2 saturated heterocycles. The molecule has 3 N–H and O–H groups in total. The molecule has 2 fully saturated rings. The first kappa shape index (κ1) is 27.5. The number of Topliss-reactive ketones (excluding diaryl/α,β-unsaturated/α-hetero) is 1. The fourth-order valence-corrected chi connectivity index (χ4v) is 11.5. The maximum Gasteiger partial charge on any atom is 0.173 e. The number of ketones is 1. The molecule has 35 heavy (non-hydrogen) atoms. The lowest BCUT2D eigenvalue weighted by molar-refractivity contribution is -0.120. The summed E-state index contributed by atoms with van der Waals surface area (Å²) in [5.74, 6) is 2.56. The van der Waals surface area contributed by atoms with Crippen molar-refractivity contribution in [3.8, 4) is 0 Å². The van der Waals surface area contributed by atoms with Gasteiger partial charge in [0, 0.05) is 34.5 Å². The van der Waals surface area contributed by atoms with E-state index in [0.29, 0.717) is 28.6 Å². The summed E-state index contributed by atoms with van der Waals surface area (Å²) in [4.78, 5) is 13.8. The van der Waals surface area contributed by atoms with E-state index >= 15 is 0 Å². The van der Waals surface area contributed by atoms with Gasteiger partial charge in [0.2, 0.25) is 0 Å². The fraction of sp³-hybridized carbons (Fsp3) is 0.536. The Kier molecular flexibility index (Phi) is 9.66. The van der Waals surface area contributed by atoms with Crippen LogP contribution in [-0.4, -0.2) is 31.7 Å². The number of unbranched alkanes of at least 4 members (excludes halogenated alkanes) is 1. The fourth-order valence-electron chi connectivity index (χ4n) is 4.62. The minimum Gasteiger partial charge on any atom is -0.307 e. The molecule has 0 bridgehead atoms. The number of carbonyl (C=O) groups is 1. The predicted molar refractivity (Wildman–Crippen MR) is 159 cm³/mol. The van der Waals surface area contributed by atoms with Crippen molar-refractivity contribution >= 4 is 52.8 Å². The predicted octanol–water partition coefficient (Wildman–Crippen LogP) is 7.46. The lowest BCUT2D eigenvalue weighted by Crippen LogP contribution is -2.59. The second kappa shape index (κ2) is 12.3. The quantitative estimate of drug-likeness (QED) is 0.303. The number of nitrogens with one attached hydrogen (secondary N) is 1. The number of rotatable bonds is 11. The summed E-state index contributed by atoms with van der Waals surface area (Å²) in [6.07, 6.45) is 3.77. The molecule has 7 heteroatoms. The van der Waals surface area contributed by atoms with Gasteiger partial charge in [-0.15, -0.1) is 47.0 Å². The van der Waals surface area contributed by atoms with Gasteiger partial charge < -0.3 is 5.73 Å². The van der Waals surface area contributed by atoms with Crippen molar-refractivity contribution in [3.05, 3.63) is 71.8 Å². The number of hydrogen-bond donors (Lipinski definition) is 2. The smallest absolute Gasteiger partial charge is 0.173 e. The Balaban J connectivity index is 1.59. The number of nitrogens with two attached hydrogens (primary N) is 1. The van der Waals surface area contributed by atoms with Gasteiger partial charge in [0.15, 0.2) is 9.99 Å². The molecular formula is C28H38N2OS4. The molecule has 0 amide bonds. The summed E-state index contributed by atoms with van der Waals surface area (Å²) in [6, 6.07) is 21.4. The monoisotopic (exact) mass is 546 g/mol. The Morgan fingerprint density at radius 2 is 1.54 bits per heavy atom. The minimum atomic E-state index is -0.651. The van der Waals surface area contributed by atoms with Crippen LogP contribution in [0.25, 0.3) is 0 Å². The van der Waals surface area contributed by atoms with Crippen molar-refractivity contribution in [1.29, 1.82) is 0 Å². The van der Waals surface area contributed by atoms with Crippen LogP contribution < -0.4 is 11.1 Å². The van der Waals surface area contributed by atoms with Crippen molar-refractivity contribution in [2.24, 2.45) is 11.7 Å². The number of carbonyl (C=O) groups excluding carboxylic acids is 1. The highest BCUT2D eigenvalue weighted by Crippen LogP contribution is 2.58. The summed E-state index contributed by atoms with van der Waals surface area (Å²) in [7, 11) is 0. The first-order valence-electron chi connectivity index (χ1n) is 12.7. The van der Waals surface area contributed by atoms with E-state index in [-0.39, 0.29) is 6.04 Å². The molecule has 2 aromatic carbocycles. The van der Waals surface area contributed by atoms with E-state index in [1.807, 2.05) is 23.5 Å². The molecule has 2 aromatic rings. The van der Waals surface area contributed by atoms with Crippen LogP contribution in [0.4, 0.5) is 0 Å². The van der Waals surface area contributed by atoms with Gasteiger partial charge >= 0.3 is 0 Å². The Labute approximate surface area is 228 Å². The van der Waals surface area contributed by atoms with Crippen molar-refractivity contribution < 1.29 is 4.79 Å². The Hall–Kier alpha value is -0.570. The van der Waals surface area contributed by atoms with Crippen LogP contribution in [0.2, 0.25) is 0 Å². The zero-order valence-electron chi connectivity index (χ0n) is 20.9. The molecule has 2 heterocycles. The van der Waals surface area contributed by atoms with Gasteiger partial charge in [-0.1, -0.05) is 94.3 Å². The third kappa shape index (κ3) is 6.66. The van der Waals surface area contributed by atoms with Crippen molar-refractivity contribution in [3.63, 3.8) is 0 Å². The zero-order chi connectivity index (χ0) is 24.9. The molecule has 2 unspecified atom stereocenters. The molecule has 0 radical (unpaired) electrons. The van der Waals surface area contributed by atoms with Crippen LogP contribution in [0.1, 0.15) is 68.1 Å². The molecule has 4 rings (SSSR count). The maximum atomic E-state index is 13.8. The molecule has 0 aromatic heterocycles. The van der Waals surface area contributed by atoms with Crippen LogP contribution in [0.15, 0.2) is 60.7 Å². The summed E-state index contributed by atoms with van der Waals surface area (Å²) < 4.78 is -1.12. The van der Waals surface area contributed by atoms with Crippen molar-refractivity contribution in [2.45, 2.75) is 71.4 Å². The normalized spacial score (nSPS) is 29.5. The highest BCUT2D eigenvalue weighted by molar-refractivity contribution is 8.22. The third-order valence-corrected chi connectivity index (χ3v) is 13.5. The molecule has 0 spiro atoms. The van der Waals surface area contributed by atoms with Gasteiger partial charge in [0.1, 0.15) is 4.20 Å². The molecule has 0 saturated carbocycles. The first-order chi connectivity index (χ1) is 16.8. The van der Waals surface area contributed by atoms with Crippen LogP contribution >= 0.6 is 47.0 Å². The average molecular weight is 547 g/mol. The Bertz CT molecular complexity index is 960. The largest absolute Gasteiger partial charge is 0.307 e. The highest BCUT2D eigenvalue weighted by atomic mass is 32.2. The minimum absolute atomic E-state index is 0.0526. The average Bonchev–Trinajstić information content (AvgIpc) is 3.48. The molecule has 0 aliphatic carbocycles. The van der Waals surface area contributed by atoms with Crippen LogP contribution in [-0.2, 0) is 4.79 Å². The Morgan fingerprint density at radius 3 is 2.11 bits per heavy atom. The lowest BCUT2D eigenvalue weighted by atomic mass is 10.1. The molecule has 2 aliphatic heterocycles. The van der Waals surface area contributed by atoms with Gasteiger partial charge in [0.25, 0.3) is 0 Å². The van der Waals surface area contributed by atoms with Crippen LogP contribution in [0.5, 0.6) is 0 Å². The molecular weight excluding hydrogens is 509 g/mol. The second-order valence-corrected chi connectivity index (χ2v) is 15.8. The van der Waals surface area contributed by atoms with Gasteiger partial charge in [-0.3, -0.25) is 10.1 Å². The van der Waals surface area contributed by atoms with Gasteiger partial charge in [-0.05, 0) is 23.5 Å². The van der Waals surface area contributed by atoms with Gasteiger partial charge in [-0.25, -0.2) is 0 Å². The molecule has 190 valence electrons. The third-order valence-electron chi connectivity index (χ3n) is 6.53. The first-order valence-corrected chi connectivity index (χ1v) is 16.4. The van der Waals surface area contributed by atoms with Crippen molar-refractivity contribution in [1.82, 2.24) is 5.32 Å². The summed E-state index contributed by atoms with van der Waals surface area (Å²) in [5.41, 5.74) is 9.83. The zero-order valence-corrected chi connectivity index (χ0v) is 24.2. The van der Waals surface area contributed by atoms with Gasteiger partial charge in [0.05, 0.1) is 0 Å². The van der Waals surface area contributed by atoms with Crippen molar-refractivity contribution in [2.75, 3.05) is 11.5 Å². The van der Waals surface area contributed by atoms with E-state index in [1.165, 1.54) is 11.1 Å². The Morgan fingerprint density at radius 1 is 0.971 bits per heavy atom. The summed E-state index contributed by atoms with van der Waals surface area (Å²) in [5, 5.41) is 4.61. The second-order valence-electron chi connectivity index (χ2n) is 9.85. The molecule has 3 nitrogen and oxygen atoms in total. The lowest BCUT2D eigenvalue weighted by Gasteiger charge is -2.40. The molecule has 5 atom stereocenters. The van der Waals surface area contributed by atoms with Crippen LogP contribution in [0.3, 0.4) is 0 Å². The van der Waals surface area contributed by atoms with E-state index in [1.54, 1.807) is 23.5 Å². The number of hydrogen-bond acceptors (Lipinski definition) is 7. The van der Waals surface area contributed by atoms with E-state index in [9.17, 15) is 4.79 Å². The van der Waals surface area contributed by atoms with Crippen LogP contribution in [0, 0.1) is 5.92 Å². The maximum absolute atomic E-state index is 13.8. The standard InChI is InChI=1S/C28H38N2OS4/c1-4-5-16-25(27(29)32-18-23(34-27)21-12-8-6-9-13-21)30-28(26(31)17-20(2)3)33-19-24(35-28)22-14-10-7-11-15-22/h6-15,20,23-25,30H,4-5,16-19,29H2,1-3H3/t23?,24?,25-,27+,28+/m0/s1. The number of thioether (sulfide) groups is 4. The van der Waals surface area contributed by atoms with E-state index in [4.69, 9.17) is 5.73 Å². The number of benzene rings is 2. The summed E-state index contributed by atoms with van der Waals surface area (Å²) in [6.45, 7) is 6.50. The highest BCUT2D eigenvalue weighted by Gasteiger charge is 2.52. The van der Waals surface area contributed by atoms with Gasteiger partial charge in [-0.2, -0.15) is 0 Å². The van der Waals surface area contributed by atoms with E-state index in [2.05, 4.69) is 86.8 Å². The topological polar surface area (TPSA) is 55.1 Å². The molecule has 2 aliphatic rings. The van der Waals surface area contributed by atoms with E-state index < -0.39 is 8.41 Å². The van der Waals surface area contributed by atoms with E-state index in [0.717, 1.165) is 30.8 Å².